The van der Waals surface area contributed by atoms with Crippen LogP contribution in [0.4, 0.5) is 11.4 Å². The Labute approximate surface area is 252 Å². The van der Waals surface area contributed by atoms with Gasteiger partial charge in [0.05, 0.1) is 7.11 Å². The highest BCUT2D eigenvalue weighted by Crippen LogP contribution is 2.36. The number of nitrogen functional groups attached to an aromatic ring is 2. The van der Waals surface area contributed by atoms with Gasteiger partial charge in [-0.05, 0) is 95.3 Å². The Morgan fingerprint density at radius 2 is 1.40 bits per heavy atom. The molecule has 4 N–H and O–H groups in total. The lowest BCUT2D eigenvalue weighted by Gasteiger charge is -2.28. The Morgan fingerprint density at radius 3 is 1.85 bits per heavy atom. The van der Waals surface area contributed by atoms with Gasteiger partial charge in [0.1, 0.15) is 5.75 Å². The highest BCUT2D eigenvalue weighted by molar-refractivity contribution is 7.80. The van der Waals surface area contributed by atoms with Crippen molar-refractivity contribution in [2.75, 3.05) is 18.6 Å². The second kappa shape index (κ2) is 19.5. The van der Waals surface area contributed by atoms with Crippen LogP contribution in [-0.4, -0.2) is 7.11 Å². The van der Waals surface area contributed by atoms with E-state index in [9.17, 15) is 0 Å². The van der Waals surface area contributed by atoms with E-state index in [-0.39, 0.29) is 5.41 Å². The molecule has 0 saturated carbocycles. The number of hydrogen-bond acceptors (Lipinski definition) is 4. The molecule has 0 aliphatic heterocycles. The number of thiol groups is 1. The van der Waals surface area contributed by atoms with E-state index >= 15 is 0 Å². The fourth-order valence-corrected chi connectivity index (χ4v) is 4.79. The maximum absolute atomic E-state index is 6.27. The first kappa shape index (κ1) is 37.4. The smallest absolute Gasteiger partial charge is 0.125 e. The van der Waals surface area contributed by atoms with Crippen LogP contribution in [-0.2, 0) is 24.7 Å². The second-order valence-electron chi connectivity index (χ2n) is 10.5. The predicted molar refractivity (Wildman–Crippen MR) is 184 cm³/mol. The number of nitrogens with two attached hydrogens (primary N) is 2. The predicted octanol–water partition coefficient (Wildman–Crippen LogP) is 10.4. The average Bonchev–Trinajstić information content (AvgIpc) is 2.94. The minimum absolute atomic E-state index is 0.112. The summed E-state index contributed by atoms with van der Waals surface area (Å²) in [6.07, 6.45) is 6.54. The monoisotopic (exact) mass is 566 g/mol. The molecule has 0 spiro atoms. The molecule has 224 valence electrons. The van der Waals surface area contributed by atoms with Crippen molar-refractivity contribution in [1.29, 1.82) is 0 Å². The Bertz CT molecular complexity index is 1140. The molecule has 3 aromatic rings. The standard InChI is InChI=1S/C22H31NOS.C8H11N.C4H10.C2H6/c1-7-19-15(11-17(23)13-20(19)22(4,5)8-2)10-16-12-18(25)9-14(3)21(16)24-6;1-2-7-5-3-4-6-8(7)9;1-3-4-2;1-2/h9,11-13,25H,7-8,10,23H2,1-6H3;3-6H,2,9H2,1H3;3-4H2,1-2H3;1-2H3. The van der Waals surface area contributed by atoms with Crippen molar-refractivity contribution in [1.82, 2.24) is 0 Å². The quantitative estimate of drug-likeness (QED) is 0.188. The Balaban J connectivity index is 0.000000832. The van der Waals surface area contributed by atoms with Crippen molar-refractivity contribution in [3.63, 3.8) is 0 Å². The first-order chi connectivity index (χ1) is 19.0. The summed E-state index contributed by atoms with van der Waals surface area (Å²) in [5.74, 6) is 0.943. The normalized spacial score (nSPS) is 10.3. The summed E-state index contributed by atoms with van der Waals surface area (Å²) >= 11 is 4.55. The van der Waals surface area contributed by atoms with Gasteiger partial charge in [-0.1, -0.05) is 93.4 Å². The summed E-state index contributed by atoms with van der Waals surface area (Å²) < 4.78 is 5.66. The van der Waals surface area contributed by atoms with Crippen LogP contribution < -0.4 is 16.2 Å². The van der Waals surface area contributed by atoms with E-state index in [2.05, 4.69) is 92.3 Å². The van der Waals surface area contributed by atoms with E-state index in [1.165, 1.54) is 35.1 Å². The van der Waals surface area contributed by atoms with Crippen molar-refractivity contribution in [3.05, 3.63) is 81.9 Å². The number of ether oxygens (including phenoxy) is 1. The summed E-state index contributed by atoms with van der Waals surface area (Å²) in [5.41, 5.74) is 21.3. The minimum atomic E-state index is 0.112. The van der Waals surface area contributed by atoms with Gasteiger partial charge in [-0.25, -0.2) is 0 Å². The molecule has 0 unspecified atom stereocenters. The highest BCUT2D eigenvalue weighted by atomic mass is 32.1. The lowest BCUT2D eigenvalue weighted by Crippen LogP contribution is -2.19. The molecule has 3 rings (SSSR count). The molecular weight excluding hydrogens is 508 g/mol. The van der Waals surface area contributed by atoms with Gasteiger partial charge in [-0.15, -0.1) is 12.6 Å². The van der Waals surface area contributed by atoms with Crippen molar-refractivity contribution < 1.29 is 4.74 Å². The Hall–Kier alpha value is -2.59. The fraction of sp³-hybridized carbons (Fsp3) is 0.500. The first-order valence-corrected chi connectivity index (χ1v) is 15.6. The zero-order chi connectivity index (χ0) is 30.9. The van der Waals surface area contributed by atoms with E-state index in [0.29, 0.717) is 0 Å². The largest absolute Gasteiger partial charge is 0.496 e. The molecule has 0 aromatic heterocycles. The summed E-state index contributed by atoms with van der Waals surface area (Å²) in [6, 6.07) is 16.4. The molecule has 3 aromatic carbocycles. The fourth-order valence-electron chi connectivity index (χ4n) is 4.44. The molecule has 4 heteroatoms. The number of para-hydroxylation sites is 1. The molecule has 0 atom stereocenters. The number of unbranched alkanes of at least 4 members (excludes halogenated alkanes) is 1. The van der Waals surface area contributed by atoms with Crippen LogP contribution in [0.3, 0.4) is 0 Å². The van der Waals surface area contributed by atoms with Gasteiger partial charge in [-0.2, -0.15) is 0 Å². The zero-order valence-corrected chi connectivity index (χ0v) is 28.3. The van der Waals surface area contributed by atoms with Crippen LogP contribution in [0.5, 0.6) is 5.75 Å². The van der Waals surface area contributed by atoms with E-state index in [0.717, 1.165) is 58.8 Å². The van der Waals surface area contributed by atoms with Crippen LogP contribution >= 0.6 is 12.6 Å². The van der Waals surface area contributed by atoms with E-state index in [4.69, 9.17) is 16.2 Å². The second-order valence-corrected chi connectivity index (χ2v) is 11.0. The number of methoxy groups -OCH3 is 1. The average molecular weight is 567 g/mol. The molecule has 0 heterocycles. The van der Waals surface area contributed by atoms with Gasteiger partial charge >= 0.3 is 0 Å². The van der Waals surface area contributed by atoms with E-state index in [1.54, 1.807) is 7.11 Å². The van der Waals surface area contributed by atoms with Crippen molar-refractivity contribution in [2.45, 2.75) is 118 Å². The summed E-state index contributed by atoms with van der Waals surface area (Å²) in [5, 5.41) is 0. The van der Waals surface area contributed by atoms with Gasteiger partial charge in [-0.3, -0.25) is 0 Å². The van der Waals surface area contributed by atoms with Gasteiger partial charge in [0.15, 0.2) is 0 Å². The molecule has 0 radical (unpaired) electrons. The maximum Gasteiger partial charge on any atom is 0.125 e. The van der Waals surface area contributed by atoms with Crippen LogP contribution in [0.15, 0.2) is 53.4 Å². The van der Waals surface area contributed by atoms with Crippen molar-refractivity contribution in [2.24, 2.45) is 0 Å². The third-order valence-corrected chi connectivity index (χ3v) is 7.45. The number of anilines is 2. The van der Waals surface area contributed by atoms with Crippen molar-refractivity contribution >= 4 is 24.0 Å². The molecule has 0 saturated heterocycles. The first-order valence-electron chi connectivity index (χ1n) is 15.1. The molecule has 40 heavy (non-hydrogen) atoms. The van der Waals surface area contributed by atoms with Crippen LogP contribution in [0, 0.1) is 6.92 Å². The SMILES string of the molecule is CC.CCCC.CCc1c(Cc2cc(S)cc(C)c2OC)cc(N)cc1C(C)(C)CC.CCc1ccccc1N. The Kier molecular flexibility index (Phi) is 18.2. The van der Waals surface area contributed by atoms with Crippen LogP contribution in [0.1, 0.15) is 115 Å². The summed E-state index contributed by atoms with van der Waals surface area (Å²) in [6.45, 7) is 21.6. The van der Waals surface area contributed by atoms with E-state index in [1.807, 2.05) is 38.1 Å². The molecule has 0 aliphatic rings. The topological polar surface area (TPSA) is 61.3 Å². The number of hydrogen-bond donors (Lipinski definition) is 3. The summed E-state index contributed by atoms with van der Waals surface area (Å²) in [7, 11) is 1.73. The minimum Gasteiger partial charge on any atom is -0.496 e. The number of rotatable bonds is 8. The third kappa shape index (κ3) is 11.5. The molecule has 0 aliphatic carbocycles. The van der Waals surface area contributed by atoms with Gasteiger partial charge in [0, 0.05) is 22.7 Å². The third-order valence-electron chi connectivity index (χ3n) is 7.19. The molecule has 0 fully saturated rings. The van der Waals surface area contributed by atoms with Gasteiger partial charge < -0.3 is 16.2 Å². The van der Waals surface area contributed by atoms with E-state index < -0.39 is 0 Å². The van der Waals surface area contributed by atoms with Crippen LogP contribution in [0.25, 0.3) is 0 Å². The maximum atomic E-state index is 6.27. The van der Waals surface area contributed by atoms with Crippen molar-refractivity contribution in [3.8, 4) is 5.75 Å². The number of benzene rings is 3. The van der Waals surface area contributed by atoms with Gasteiger partial charge in [0.2, 0.25) is 0 Å². The molecule has 3 nitrogen and oxygen atoms in total. The molecular formula is C36H58N2OS. The Morgan fingerprint density at radius 1 is 0.800 bits per heavy atom. The van der Waals surface area contributed by atoms with Gasteiger partial charge in [0.25, 0.3) is 0 Å². The number of aryl methyl sites for hydroxylation is 2. The highest BCUT2D eigenvalue weighted by Gasteiger charge is 2.24. The molecule has 0 bridgehead atoms. The summed E-state index contributed by atoms with van der Waals surface area (Å²) in [4.78, 5) is 0.962. The zero-order valence-electron chi connectivity index (χ0n) is 27.4. The molecule has 0 amide bonds. The van der Waals surface area contributed by atoms with Crippen LogP contribution in [0.2, 0.25) is 0 Å². The lowest BCUT2D eigenvalue weighted by atomic mass is 9.77. The lowest BCUT2D eigenvalue weighted by molar-refractivity contribution is 0.407.